The van der Waals surface area contributed by atoms with Crippen LogP contribution in [0.5, 0.6) is 0 Å². The van der Waals surface area contributed by atoms with Crippen LogP contribution < -0.4 is 16.0 Å². The van der Waals surface area contributed by atoms with Gasteiger partial charge in [0.15, 0.2) is 5.13 Å². The first-order chi connectivity index (χ1) is 14.6. The number of nitrogens with zero attached hydrogens (tertiary/aromatic N) is 2. The average Bonchev–Trinajstić information content (AvgIpc) is 3.41. The number of primary amides is 1. The van der Waals surface area contributed by atoms with E-state index in [1.54, 1.807) is 0 Å². The zero-order valence-electron chi connectivity index (χ0n) is 15.9. The van der Waals surface area contributed by atoms with Crippen molar-refractivity contribution in [1.82, 2.24) is 4.98 Å². The van der Waals surface area contributed by atoms with Gasteiger partial charge in [-0.25, -0.2) is 4.98 Å². The Kier molecular flexibility index (Phi) is 4.80. The Labute approximate surface area is 181 Å². The molecule has 2 aliphatic heterocycles. The summed E-state index contributed by atoms with van der Waals surface area (Å²) < 4.78 is 0. The van der Waals surface area contributed by atoms with E-state index in [0.717, 1.165) is 45.3 Å². The van der Waals surface area contributed by atoms with E-state index in [4.69, 9.17) is 10.7 Å². The molecule has 8 heteroatoms. The number of benzene rings is 2. The highest BCUT2D eigenvalue weighted by Crippen LogP contribution is 2.43. The van der Waals surface area contributed by atoms with Gasteiger partial charge in [-0.15, -0.1) is 11.3 Å². The molecule has 3 N–H and O–H groups in total. The minimum Gasteiger partial charge on any atom is -0.365 e. The molecule has 1 aromatic heterocycles. The van der Waals surface area contributed by atoms with Crippen LogP contribution in [0.1, 0.15) is 17.5 Å². The molecule has 0 spiro atoms. The Morgan fingerprint density at radius 3 is 2.73 bits per heavy atom. The second-order valence-electron chi connectivity index (χ2n) is 7.01. The third-order valence-electron chi connectivity index (χ3n) is 5.13. The number of thiazole rings is 1. The van der Waals surface area contributed by atoms with Gasteiger partial charge in [0, 0.05) is 17.4 Å². The van der Waals surface area contributed by atoms with Crippen molar-refractivity contribution in [2.75, 3.05) is 16.1 Å². The van der Waals surface area contributed by atoms with Crippen molar-refractivity contribution in [3.63, 3.8) is 0 Å². The van der Waals surface area contributed by atoms with Crippen molar-refractivity contribution < 1.29 is 9.59 Å². The average molecular weight is 435 g/mol. The van der Waals surface area contributed by atoms with Crippen LogP contribution in [0.25, 0.3) is 17.0 Å². The first-order valence-corrected chi connectivity index (χ1v) is 11.4. The fourth-order valence-corrected chi connectivity index (χ4v) is 5.67. The molecule has 0 atom stereocenters. The summed E-state index contributed by atoms with van der Waals surface area (Å²) in [6.07, 6.45) is 1.24. The van der Waals surface area contributed by atoms with Crippen LogP contribution in [-0.2, 0) is 16.0 Å². The first kappa shape index (κ1) is 18.9. The number of para-hydroxylation sites is 1. The number of carbonyl (C=O) groups excluding carboxylic acids is 2. The summed E-state index contributed by atoms with van der Waals surface area (Å²) in [5.74, 6) is 0.165. The van der Waals surface area contributed by atoms with E-state index >= 15 is 0 Å². The van der Waals surface area contributed by atoms with Crippen LogP contribution >= 0.6 is 23.1 Å². The van der Waals surface area contributed by atoms with Gasteiger partial charge >= 0.3 is 0 Å². The van der Waals surface area contributed by atoms with Crippen molar-refractivity contribution in [1.29, 1.82) is 0 Å². The standard InChI is InChI=1S/C22H18N4O2S2/c23-21(28)20-19(14-5-2-1-3-6-14)26(12-30-20)22-24-16(11-29-22)15-8-4-7-13-9-10-17(27)25-18(13)15/h1-8,11H,9-10,12H2,(H2,23,28)(H,25,27). The molecular formula is C22H18N4O2S2. The minimum absolute atomic E-state index is 0.0294. The summed E-state index contributed by atoms with van der Waals surface area (Å²) in [5.41, 5.74) is 11.1. The molecule has 0 saturated heterocycles. The van der Waals surface area contributed by atoms with Gasteiger partial charge in [-0.2, -0.15) is 0 Å². The van der Waals surface area contributed by atoms with Gasteiger partial charge in [0.2, 0.25) is 5.91 Å². The number of aryl methyl sites for hydroxylation is 1. The molecule has 2 aromatic carbocycles. The highest BCUT2D eigenvalue weighted by Gasteiger charge is 2.31. The first-order valence-electron chi connectivity index (χ1n) is 9.49. The Balaban J connectivity index is 1.55. The van der Waals surface area contributed by atoms with Crippen LogP contribution in [0, 0.1) is 0 Å². The molecule has 150 valence electrons. The van der Waals surface area contributed by atoms with Gasteiger partial charge in [0.1, 0.15) is 0 Å². The Bertz CT molecular complexity index is 1190. The molecule has 3 aromatic rings. The summed E-state index contributed by atoms with van der Waals surface area (Å²) in [7, 11) is 0. The molecule has 5 rings (SSSR count). The molecule has 0 fully saturated rings. The Morgan fingerprint density at radius 2 is 1.93 bits per heavy atom. The summed E-state index contributed by atoms with van der Waals surface area (Å²) in [5, 5.41) is 5.77. The molecule has 0 bridgehead atoms. The number of aromatic nitrogens is 1. The summed E-state index contributed by atoms with van der Waals surface area (Å²) in [4.78, 5) is 31.4. The van der Waals surface area contributed by atoms with Crippen molar-refractivity contribution in [2.45, 2.75) is 12.8 Å². The second-order valence-corrected chi connectivity index (χ2v) is 8.80. The van der Waals surface area contributed by atoms with Crippen LogP contribution in [0.3, 0.4) is 0 Å². The highest BCUT2D eigenvalue weighted by molar-refractivity contribution is 8.04. The lowest BCUT2D eigenvalue weighted by molar-refractivity contribution is -0.116. The second kappa shape index (κ2) is 7.62. The maximum Gasteiger partial charge on any atom is 0.257 e. The van der Waals surface area contributed by atoms with Crippen molar-refractivity contribution in [3.05, 3.63) is 69.9 Å². The molecule has 2 amide bonds. The van der Waals surface area contributed by atoms with Crippen molar-refractivity contribution in [3.8, 4) is 11.3 Å². The van der Waals surface area contributed by atoms with Crippen molar-refractivity contribution in [2.24, 2.45) is 5.73 Å². The van der Waals surface area contributed by atoms with Crippen LogP contribution in [0.4, 0.5) is 10.8 Å². The number of anilines is 2. The summed E-state index contributed by atoms with van der Waals surface area (Å²) in [6.45, 7) is 0. The fraction of sp³-hybridized carbons (Fsp3) is 0.136. The number of rotatable bonds is 4. The van der Waals surface area contributed by atoms with Crippen LogP contribution in [0.15, 0.2) is 58.8 Å². The van der Waals surface area contributed by atoms with E-state index < -0.39 is 5.91 Å². The van der Waals surface area contributed by atoms with Gasteiger partial charge in [-0.1, -0.05) is 60.3 Å². The maximum atomic E-state index is 12.0. The zero-order valence-corrected chi connectivity index (χ0v) is 17.6. The number of hydrogen-bond acceptors (Lipinski definition) is 6. The molecule has 3 heterocycles. The molecule has 0 saturated carbocycles. The van der Waals surface area contributed by atoms with Gasteiger partial charge in [-0.05, 0) is 17.5 Å². The number of nitrogens with two attached hydrogens (primary N) is 1. The van der Waals surface area contributed by atoms with Crippen LogP contribution in [-0.4, -0.2) is 22.7 Å². The zero-order chi connectivity index (χ0) is 20.7. The lowest BCUT2D eigenvalue weighted by Gasteiger charge is -2.20. The Morgan fingerprint density at radius 1 is 1.10 bits per heavy atom. The van der Waals surface area contributed by atoms with E-state index in [-0.39, 0.29) is 5.91 Å². The summed E-state index contributed by atoms with van der Waals surface area (Å²) in [6, 6.07) is 15.8. The van der Waals surface area contributed by atoms with Gasteiger partial charge in [0.05, 0.1) is 27.9 Å². The van der Waals surface area contributed by atoms with Gasteiger partial charge in [-0.3, -0.25) is 9.59 Å². The van der Waals surface area contributed by atoms with E-state index in [0.29, 0.717) is 17.2 Å². The molecule has 0 unspecified atom stereocenters. The molecule has 0 radical (unpaired) electrons. The summed E-state index contributed by atoms with van der Waals surface area (Å²) >= 11 is 2.93. The molecule has 6 nitrogen and oxygen atoms in total. The molecule has 2 aliphatic rings. The lowest BCUT2D eigenvalue weighted by atomic mass is 9.98. The van der Waals surface area contributed by atoms with Crippen molar-refractivity contribution >= 4 is 51.4 Å². The number of fused-ring (bicyclic) bond motifs is 1. The van der Waals surface area contributed by atoms with E-state index in [2.05, 4.69) is 5.32 Å². The topological polar surface area (TPSA) is 88.3 Å². The number of thioether (sulfide) groups is 1. The van der Waals surface area contributed by atoms with Crippen LogP contribution in [0.2, 0.25) is 0 Å². The predicted octanol–water partition coefficient (Wildman–Crippen LogP) is 4.06. The molecular weight excluding hydrogens is 416 g/mol. The number of amides is 2. The lowest BCUT2D eigenvalue weighted by Crippen LogP contribution is -2.20. The molecule has 0 aliphatic carbocycles. The quantitative estimate of drug-likeness (QED) is 0.647. The fourth-order valence-electron chi connectivity index (χ4n) is 3.74. The minimum atomic E-state index is -0.432. The van der Waals surface area contributed by atoms with E-state index in [1.165, 1.54) is 23.1 Å². The molecule has 30 heavy (non-hydrogen) atoms. The maximum absolute atomic E-state index is 12.0. The Hall–Kier alpha value is -3.10. The number of carbonyl (C=O) groups is 2. The SMILES string of the molecule is NC(=O)C1=C(c2ccccc2)N(c2nc(-c3cccc4c3NC(=O)CC4)cs2)CS1. The number of hydrogen-bond donors (Lipinski definition) is 2. The van der Waals surface area contributed by atoms with Gasteiger partial charge in [0.25, 0.3) is 5.91 Å². The van der Waals surface area contributed by atoms with E-state index in [1.807, 2.05) is 58.8 Å². The van der Waals surface area contributed by atoms with Gasteiger partial charge < -0.3 is 16.0 Å². The number of nitrogens with one attached hydrogen (secondary N) is 1. The third-order valence-corrected chi connectivity index (χ3v) is 7.06. The largest absolute Gasteiger partial charge is 0.365 e. The normalized spacial score (nSPS) is 15.9. The smallest absolute Gasteiger partial charge is 0.257 e. The predicted molar refractivity (Wildman–Crippen MR) is 122 cm³/mol. The highest BCUT2D eigenvalue weighted by atomic mass is 32.2. The monoisotopic (exact) mass is 434 g/mol. The third kappa shape index (κ3) is 3.28. The van der Waals surface area contributed by atoms with E-state index in [9.17, 15) is 9.59 Å².